The molecule has 0 saturated carbocycles. The lowest BCUT2D eigenvalue weighted by Gasteiger charge is -2.30. The SMILES string of the molecule is COC1=C[C@@H](OC)[C@@H](CO)O[C@@H]1O. The van der Waals surface area contributed by atoms with E-state index in [4.69, 9.17) is 19.3 Å². The second kappa shape index (κ2) is 4.57. The molecule has 2 N–H and O–H groups in total. The Balaban J connectivity index is 2.74. The molecule has 76 valence electrons. The van der Waals surface area contributed by atoms with Crippen LogP contribution in [-0.4, -0.2) is 49.5 Å². The molecule has 0 amide bonds. The number of ether oxygens (including phenoxy) is 3. The Morgan fingerprint density at radius 2 is 2.23 bits per heavy atom. The quantitative estimate of drug-likeness (QED) is 0.612. The molecule has 1 aliphatic heterocycles. The van der Waals surface area contributed by atoms with Crippen LogP contribution in [-0.2, 0) is 14.2 Å². The van der Waals surface area contributed by atoms with E-state index < -0.39 is 12.4 Å². The Morgan fingerprint density at radius 3 is 2.69 bits per heavy atom. The fourth-order valence-corrected chi connectivity index (χ4v) is 1.20. The van der Waals surface area contributed by atoms with Gasteiger partial charge in [-0.25, -0.2) is 0 Å². The van der Waals surface area contributed by atoms with Crippen molar-refractivity contribution in [3.8, 4) is 0 Å². The normalized spacial score (nSPS) is 34.2. The Bertz CT molecular complexity index is 191. The molecule has 1 aliphatic rings. The van der Waals surface area contributed by atoms with Gasteiger partial charge in [0, 0.05) is 7.11 Å². The van der Waals surface area contributed by atoms with E-state index in [2.05, 4.69) is 0 Å². The van der Waals surface area contributed by atoms with Gasteiger partial charge in [0.1, 0.15) is 12.2 Å². The number of hydrogen-bond donors (Lipinski definition) is 2. The molecular weight excluding hydrogens is 176 g/mol. The lowest BCUT2D eigenvalue weighted by molar-refractivity contribution is -0.182. The molecule has 0 aromatic heterocycles. The van der Waals surface area contributed by atoms with Gasteiger partial charge in [-0.2, -0.15) is 0 Å². The molecule has 1 heterocycles. The van der Waals surface area contributed by atoms with E-state index in [1.165, 1.54) is 14.2 Å². The van der Waals surface area contributed by atoms with Gasteiger partial charge in [-0.15, -0.1) is 0 Å². The maximum atomic E-state index is 9.30. The van der Waals surface area contributed by atoms with Gasteiger partial charge in [0.2, 0.25) is 6.29 Å². The number of rotatable bonds is 3. The Kier molecular flexibility index (Phi) is 3.68. The van der Waals surface area contributed by atoms with Gasteiger partial charge in [-0.05, 0) is 6.08 Å². The van der Waals surface area contributed by atoms with E-state index in [1.54, 1.807) is 6.08 Å². The van der Waals surface area contributed by atoms with E-state index in [0.717, 1.165) is 0 Å². The van der Waals surface area contributed by atoms with Crippen LogP contribution in [0.4, 0.5) is 0 Å². The molecule has 0 spiro atoms. The summed E-state index contributed by atoms with van der Waals surface area (Å²) in [6, 6.07) is 0. The van der Waals surface area contributed by atoms with Crippen LogP contribution in [0.2, 0.25) is 0 Å². The largest absolute Gasteiger partial charge is 0.496 e. The zero-order valence-electron chi connectivity index (χ0n) is 7.64. The maximum absolute atomic E-state index is 9.30. The van der Waals surface area contributed by atoms with Gasteiger partial charge in [-0.1, -0.05) is 0 Å². The van der Waals surface area contributed by atoms with Crippen molar-refractivity contribution in [3.63, 3.8) is 0 Å². The summed E-state index contributed by atoms with van der Waals surface area (Å²) in [6.07, 6.45) is -0.453. The van der Waals surface area contributed by atoms with Crippen molar-refractivity contribution in [2.45, 2.75) is 18.5 Å². The third-order valence-corrected chi connectivity index (χ3v) is 1.93. The van der Waals surface area contributed by atoms with Crippen molar-refractivity contribution < 1.29 is 24.4 Å². The van der Waals surface area contributed by atoms with Crippen molar-refractivity contribution >= 4 is 0 Å². The molecule has 1 rings (SSSR count). The maximum Gasteiger partial charge on any atom is 0.214 e. The van der Waals surface area contributed by atoms with Gasteiger partial charge in [0.15, 0.2) is 5.76 Å². The predicted molar refractivity (Wildman–Crippen MR) is 43.9 cm³/mol. The minimum absolute atomic E-state index is 0.205. The molecule has 0 aromatic carbocycles. The lowest BCUT2D eigenvalue weighted by atomic mass is 10.1. The van der Waals surface area contributed by atoms with Gasteiger partial charge in [-0.3, -0.25) is 0 Å². The summed E-state index contributed by atoms with van der Waals surface area (Å²) in [6.45, 7) is -0.205. The van der Waals surface area contributed by atoms with Crippen molar-refractivity contribution in [2.75, 3.05) is 20.8 Å². The van der Waals surface area contributed by atoms with Crippen molar-refractivity contribution in [2.24, 2.45) is 0 Å². The van der Waals surface area contributed by atoms with E-state index in [0.29, 0.717) is 5.76 Å². The van der Waals surface area contributed by atoms with Crippen LogP contribution in [0.25, 0.3) is 0 Å². The fraction of sp³-hybridized carbons (Fsp3) is 0.750. The second-order valence-corrected chi connectivity index (χ2v) is 2.68. The number of aliphatic hydroxyl groups excluding tert-OH is 2. The highest BCUT2D eigenvalue weighted by Crippen LogP contribution is 2.19. The first-order valence-corrected chi connectivity index (χ1v) is 3.95. The average Bonchev–Trinajstić information content (AvgIpc) is 2.17. The number of hydrogen-bond acceptors (Lipinski definition) is 5. The van der Waals surface area contributed by atoms with Crippen LogP contribution >= 0.6 is 0 Å². The van der Waals surface area contributed by atoms with Gasteiger partial charge in [0.05, 0.1) is 13.7 Å². The summed E-state index contributed by atoms with van der Waals surface area (Å²) in [5, 5.41) is 18.2. The molecule has 13 heavy (non-hydrogen) atoms. The highest BCUT2D eigenvalue weighted by atomic mass is 16.7. The molecule has 0 bridgehead atoms. The van der Waals surface area contributed by atoms with Crippen molar-refractivity contribution in [1.82, 2.24) is 0 Å². The summed E-state index contributed by atoms with van der Waals surface area (Å²) in [4.78, 5) is 0. The molecule has 0 fully saturated rings. The molecule has 5 heteroatoms. The summed E-state index contributed by atoms with van der Waals surface area (Å²) in [5.41, 5.74) is 0. The smallest absolute Gasteiger partial charge is 0.214 e. The fourth-order valence-electron chi connectivity index (χ4n) is 1.20. The molecule has 0 aliphatic carbocycles. The molecule has 3 atom stereocenters. The highest BCUT2D eigenvalue weighted by Gasteiger charge is 2.31. The van der Waals surface area contributed by atoms with Crippen LogP contribution in [0, 0.1) is 0 Å². The van der Waals surface area contributed by atoms with Gasteiger partial charge in [0.25, 0.3) is 0 Å². The van der Waals surface area contributed by atoms with Crippen LogP contribution in [0.15, 0.2) is 11.8 Å². The monoisotopic (exact) mass is 190 g/mol. The highest BCUT2D eigenvalue weighted by molar-refractivity contribution is 5.07. The number of aliphatic hydroxyl groups is 2. The Morgan fingerprint density at radius 1 is 1.54 bits per heavy atom. The molecule has 0 radical (unpaired) electrons. The van der Waals surface area contributed by atoms with Crippen LogP contribution in [0.1, 0.15) is 0 Å². The van der Waals surface area contributed by atoms with E-state index in [-0.39, 0.29) is 12.7 Å². The zero-order chi connectivity index (χ0) is 9.84. The van der Waals surface area contributed by atoms with E-state index >= 15 is 0 Å². The predicted octanol–water partition coefficient (Wildman–Crippen LogP) is -0.759. The first-order valence-electron chi connectivity index (χ1n) is 3.95. The third-order valence-electron chi connectivity index (χ3n) is 1.93. The summed E-state index contributed by atoms with van der Waals surface area (Å²) >= 11 is 0. The van der Waals surface area contributed by atoms with Gasteiger partial charge < -0.3 is 24.4 Å². The molecular formula is C8H14O5. The van der Waals surface area contributed by atoms with E-state index in [1.807, 2.05) is 0 Å². The molecule has 0 unspecified atom stereocenters. The van der Waals surface area contributed by atoms with Crippen molar-refractivity contribution in [1.29, 1.82) is 0 Å². The van der Waals surface area contributed by atoms with Crippen LogP contribution in [0.3, 0.4) is 0 Å². The third kappa shape index (κ3) is 2.19. The minimum atomic E-state index is -1.12. The van der Waals surface area contributed by atoms with Crippen LogP contribution < -0.4 is 0 Å². The Hall–Kier alpha value is -0.620. The number of methoxy groups -OCH3 is 2. The zero-order valence-corrected chi connectivity index (χ0v) is 7.64. The second-order valence-electron chi connectivity index (χ2n) is 2.68. The summed E-state index contributed by atoms with van der Waals surface area (Å²) in [5.74, 6) is 0.302. The molecule has 0 saturated heterocycles. The minimum Gasteiger partial charge on any atom is -0.496 e. The Labute approximate surface area is 76.5 Å². The lowest BCUT2D eigenvalue weighted by Crippen LogP contribution is -2.41. The molecule has 5 nitrogen and oxygen atoms in total. The van der Waals surface area contributed by atoms with Gasteiger partial charge >= 0.3 is 0 Å². The van der Waals surface area contributed by atoms with Crippen LogP contribution in [0.5, 0.6) is 0 Å². The first-order chi connectivity index (χ1) is 6.22. The average molecular weight is 190 g/mol. The first kappa shape index (κ1) is 10.5. The standard InChI is InChI=1S/C8H14O5/c1-11-5-3-6(12-2)8(10)13-7(5)4-9/h3,5,7-10H,4H2,1-2H3/t5-,7-,8+/m1/s1. The summed E-state index contributed by atoms with van der Waals surface area (Å²) < 4.78 is 14.9. The van der Waals surface area contributed by atoms with E-state index in [9.17, 15) is 5.11 Å². The van der Waals surface area contributed by atoms with Crippen molar-refractivity contribution in [3.05, 3.63) is 11.8 Å². The molecule has 0 aromatic rings. The topological polar surface area (TPSA) is 68.2 Å². The summed E-state index contributed by atoms with van der Waals surface area (Å²) in [7, 11) is 2.93.